The fourth-order valence-electron chi connectivity index (χ4n) is 2.41. The van der Waals surface area contributed by atoms with Crippen LogP contribution in [0.3, 0.4) is 0 Å². The summed E-state index contributed by atoms with van der Waals surface area (Å²) in [6.07, 6.45) is -0.364. The third kappa shape index (κ3) is 4.66. The van der Waals surface area contributed by atoms with Crippen LogP contribution in [-0.2, 0) is 28.5 Å². The first-order valence-electron chi connectivity index (χ1n) is 6.85. The average Bonchev–Trinajstić information content (AvgIpc) is 2.82. The van der Waals surface area contributed by atoms with E-state index < -0.39 is 41.8 Å². The second-order valence-electron chi connectivity index (χ2n) is 5.98. The minimum absolute atomic E-state index is 0.287. The van der Waals surface area contributed by atoms with Gasteiger partial charge in [0.05, 0.1) is 19.1 Å². The lowest BCUT2D eigenvalue weighted by molar-refractivity contribution is -0.159. The molecule has 3 atom stereocenters. The van der Waals surface area contributed by atoms with Crippen LogP contribution in [0.25, 0.3) is 0 Å². The van der Waals surface area contributed by atoms with E-state index in [9.17, 15) is 9.59 Å². The van der Waals surface area contributed by atoms with Crippen molar-refractivity contribution in [1.29, 1.82) is 0 Å². The molecule has 0 spiro atoms. The van der Waals surface area contributed by atoms with Crippen LogP contribution in [0.2, 0.25) is 0 Å². The van der Waals surface area contributed by atoms with Crippen LogP contribution < -0.4 is 5.32 Å². The van der Waals surface area contributed by atoms with Crippen molar-refractivity contribution in [3.63, 3.8) is 0 Å². The van der Waals surface area contributed by atoms with Crippen LogP contribution in [0, 0.1) is 5.92 Å². The van der Waals surface area contributed by atoms with Crippen LogP contribution in [0.1, 0.15) is 27.2 Å². The second-order valence-corrected chi connectivity index (χ2v) is 5.98. The smallest absolute Gasteiger partial charge is 0.323 e. The van der Waals surface area contributed by atoms with E-state index in [-0.39, 0.29) is 6.42 Å². The summed E-state index contributed by atoms with van der Waals surface area (Å²) in [4.78, 5) is 24.0. The highest BCUT2D eigenvalue weighted by molar-refractivity contribution is 5.80. The Morgan fingerprint density at radius 2 is 1.67 bits per heavy atom. The summed E-state index contributed by atoms with van der Waals surface area (Å²) in [6.45, 7) is 5.38. The summed E-state index contributed by atoms with van der Waals surface area (Å²) >= 11 is 0. The van der Waals surface area contributed by atoms with Crippen molar-refractivity contribution >= 4 is 11.9 Å². The fourth-order valence-corrected chi connectivity index (χ4v) is 2.41. The van der Waals surface area contributed by atoms with Crippen molar-refractivity contribution in [2.45, 2.75) is 51.2 Å². The van der Waals surface area contributed by atoms with Crippen molar-refractivity contribution in [3.05, 3.63) is 0 Å². The number of methoxy groups -OCH3 is 3. The van der Waals surface area contributed by atoms with E-state index in [1.165, 1.54) is 21.3 Å². The summed E-state index contributed by atoms with van der Waals surface area (Å²) in [5, 5.41) is 3.06. The highest BCUT2D eigenvalue weighted by Gasteiger charge is 2.47. The van der Waals surface area contributed by atoms with Crippen molar-refractivity contribution in [2.75, 3.05) is 21.3 Å². The van der Waals surface area contributed by atoms with E-state index in [1.54, 1.807) is 20.8 Å². The van der Waals surface area contributed by atoms with Gasteiger partial charge in [-0.25, -0.2) is 0 Å². The molecule has 0 aliphatic carbocycles. The quantitative estimate of drug-likeness (QED) is 0.584. The number of nitrogens with one attached hydrogen (secondary N) is 1. The van der Waals surface area contributed by atoms with Gasteiger partial charge in [0.2, 0.25) is 0 Å². The molecule has 7 heteroatoms. The molecule has 1 N–H and O–H groups in total. The molecule has 0 amide bonds. The molecule has 1 aliphatic heterocycles. The van der Waals surface area contributed by atoms with Gasteiger partial charge in [0.25, 0.3) is 0 Å². The molecule has 1 heterocycles. The third-order valence-corrected chi connectivity index (χ3v) is 3.27. The molecule has 1 fully saturated rings. The Bertz CT molecular complexity index is 374. The Morgan fingerprint density at radius 1 is 1.10 bits per heavy atom. The van der Waals surface area contributed by atoms with Crippen LogP contribution >= 0.6 is 0 Å². The zero-order valence-electron chi connectivity index (χ0n) is 13.5. The van der Waals surface area contributed by atoms with E-state index in [0.29, 0.717) is 0 Å². The van der Waals surface area contributed by atoms with Gasteiger partial charge in [0, 0.05) is 14.2 Å². The molecule has 0 aromatic heterocycles. The van der Waals surface area contributed by atoms with Crippen molar-refractivity contribution in [3.8, 4) is 0 Å². The molecule has 0 bridgehead atoms. The summed E-state index contributed by atoms with van der Waals surface area (Å²) in [5.41, 5.74) is -0.584. The topological polar surface area (TPSA) is 83.1 Å². The molecule has 0 saturated carbocycles. The first-order chi connectivity index (χ1) is 9.73. The summed E-state index contributed by atoms with van der Waals surface area (Å²) < 4.78 is 20.5. The maximum Gasteiger partial charge on any atom is 0.323 e. The molecule has 7 nitrogen and oxygen atoms in total. The highest BCUT2D eigenvalue weighted by Crippen LogP contribution is 2.27. The first-order valence-corrected chi connectivity index (χ1v) is 6.85. The van der Waals surface area contributed by atoms with Crippen molar-refractivity contribution < 1.29 is 28.5 Å². The lowest BCUT2D eigenvalue weighted by Crippen LogP contribution is -2.47. The molecule has 0 unspecified atom stereocenters. The summed E-state index contributed by atoms with van der Waals surface area (Å²) in [5.74, 6) is -1.33. The maximum absolute atomic E-state index is 12.1. The Balaban J connectivity index is 2.84. The zero-order valence-corrected chi connectivity index (χ0v) is 13.5. The standard InChI is InChI=1S/C14H25NO6/c1-14(2,3)21-12(17)9-7-8(11(16)18-4)10(15-9)13(19-5)20-6/h8-10,13,15H,7H2,1-6H3/t8-,9-,10+/m0/s1. The SMILES string of the molecule is COC(=O)[C@H]1C[C@@H](C(=O)OC(C)(C)C)N[C@H]1C(OC)OC. The van der Waals surface area contributed by atoms with Crippen molar-refractivity contribution in [2.24, 2.45) is 5.92 Å². The van der Waals surface area contributed by atoms with Gasteiger partial charge in [-0.15, -0.1) is 0 Å². The summed E-state index contributed by atoms with van der Waals surface area (Å²) in [7, 11) is 4.27. The van der Waals surface area contributed by atoms with Gasteiger partial charge >= 0.3 is 11.9 Å². The monoisotopic (exact) mass is 303 g/mol. The normalized spacial score (nSPS) is 26.0. The molecular weight excluding hydrogens is 278 g/mol. The van der Waals surface area contributed by atoms with Gasteiger partial charge in [-0.2, -0.15) is 0 Å². The number of hydrogen-bond donors (Lipinski definition) is 1. The maximum atomic E-state index is 12.1. The van der Waals surface area contributed by atoms with Gasteiger partial charge in [-0.1, -0.05) is 0 Å². The molecule has 1 saturated heterocycles. The van der Waals surface area contributed by atoms with E-state index >= 15 is 0 Å². The Labute approximate surface area is 125 Å². The van der Waals surface area contributed by atoms with Gasteiger partial charge in [-0.3, -0.25) is 14.9 Å². The average molecular weight is 303 g/mol. The van der Waals surface area contributed by atoms with Gasteiger partial charge in [0.15, 0.2) is 6.29 Å². The molecule has 1 rings (SSSR count). The predicted octanol–water partition coefficient (Wildman–Crippen LogP) is 0.467. The van der Waals surface area contributed by atoms with Crippen LogP contribution in [-0.4, -0.2) is 57.2 Å². The Morgan fingerprint density at radius 3 is 2.10 bits per heavy atom. The molecular formula is C14H25NO6. The zero-order chi connectivity index (χ0) is 16.2. The minimum atomic E-state index is -0.651. The molecule has 21 heavy (non-hydrogen) atoms. The number of ether oxygens (including phenoxy) is 4. The van der Waals surface area contributed by atoms with E-state index in [2.05, 4.69) is 5.32 Å². The number of esters is 2. The second kappa shape index (κ2) is 7.20. The molecule has 1 aliphatic rings. The molecule has 0 aromatic rings. The Kier molecular flexibility index (Phi) is 6.12. The number of hydrogen-bond acceptors (Lipinski definition) is 7. The van der Waals surface area contributed by atoms with Crippen molar-refractivity contribution in [1.82, 2.24) is 5.32 Å². The predicted molar refractivity (Wildman–Crippen MR) is 74.5 cm³/mol. The lowest BCUT2D eigenvalue weighted by atomic mass is 9.98. The number of rotatable bonds is 5. The fraction of sp³-hybridized carbons (Fsp3) is 0.857. The third-order valence-electron chi connectivity index (χ3n) is 3.27. The summed E-state index contributed by atoms with van der Waals surface area (Å²) in [6, 6.07) is -1.06. The van der Waals surface area contributed by atoms with E-state index in [1.807, 2.05) is 0 Å². The van der Waals surface area contributed by atoms with Gasteiger partial charge < -0.3 is 18.9 Å². The van der Waals surface area contributed by atoms with E-state index in [0.717, 1.165) is 0 Å². The van der Waals surface area contributed by atoms with Crippen LogP contribution in [0.4, 0.5) is 0 Å². The van der Waals surface area contributed by atoms with Crippen LogP contribution in [0.15, 0.2) is 0 Å². The largest absolute Gasteiger partial charge is 0.469 e. The number of carbonyl (C=O) groups excluding carboxylic acids is 2. The Hall–Kier alpha value is -1.18. The van der Waals surface area contributed by atoms with E-state index in [4.69, 9.17) is 18.9 Å². The molecule has 0 radical (unpaired) electrons. The lowest BCUT2D eigenvalue weighted by Gasteiger charge is -2.25. The molecule has 0 aromatic carbocycles. The van der Waals surface area contributed by atoms with Gasteiger partial charge in [0.1, 0.15) is 11.6 Å². The molecule has 122 valence electrons. The first kappa shape index (κ1) is 17.9. The number of carbonyl (C=O) groups is 2. The van der Waals surface area contributed by atoms with Gasteiger partial charge in [-0.05, 0) is 27.2 Å². The van der Waals surface area contributed by atoms with Crippen LogP contribution in [0.5, 0.6) is 0 Å². The minimum Gasteiger partial charge on any atom is -0.469 e. The highest BCUT2D eigenvalue weighted by atomic mass is 16.7.